The number of fused-ring (bicyclic) bond motifs is 1. The monoisotopic (exact) mass is 279 g/mol. The highest BCUT2D eigenvalue weighted by atomic mass is 32.1. The number of aryl methyl sites for hydroxylation is 1. The van der Waals surface area contributed by atoms with E-state index in [1.807, 2.05) is 10.3 Å². The summed E-state index contributed by atoms with van der Waals surface area (Å²) in [6.45, 7) is 3.32. The molecular weight excluding hydrogens is 258 g/mol. The Morgan fingerprint density at radius 1 is 1.42 bits per heavy atom. The zero-order valence-corrected chi connectivity index (χ0v) is 12.2. The predicted octanol–water partition coefficient (Wildman–Crippen LogP) is 2.47. The molecule has 1 aromatic rings. The highest BCUT2D eigenvalue weighted by molar-refractivity contribution is 7.10. The zero-order chi connectivity index (χ0) is 13.4. The summed E-state index contributed by atoms with van der Waals surface area (Å²) in [7, 11) is 0. The molecule has 1 amide bonds. The first-order chi connectivity index (χ1) is 9.16. The van der Waals surface area contributed by atoms with E-state index in [0.717, 1.165) is 31.4 Å². The van der Waals surface area contributed by atoms with Crippen LogP contribution in [0.25, 0.3) is 0 Å². The largest absolute Gasteiger partial charge is 0.391 e. The number of aliphatic hydroxyl groups is 1. The summed E-state index contributed by atoms with van der Waals surface area (Å²) in [6.07, 6.45) is 5.16. The van der Waals surface area contributed by atoms with Gasteiger partial charge in [-0.1, -0.05) is 6.92 Å². The molecule has 2 atom stereocenters. The van der Waals surface area contributed by atoms with Crippen molar-refractivity contribution in [3.8, 4) is 0 Å². The molecule has 1 aliphatic carbocycles. The first-order valence-electron chi connectivity index (χ1n) is 7.23. The number of carbonyl (C=O) groups is 1. The lowest BCUT2D eigenvalue weighted by atomic mass is 9.93. The molecule has 1 aromatic heterocycles. The second-order valence-electron chi connectivity index (χ2n) is 5.84. The molecule has 1 saturated heterocycles. The van der Waals surface area contributed by atoms with E-state index in [9.17, 15) is 9.90 Å². The zero-order valence-electron chi connectivity index (χ0n) is 11.4. The van der Waals surface area contributed by atoms with Crippen LogP contribution in [0.5, 0.6) is 0 Å². The number of β-amino-alcohol motifs (C(OH)–C–C–N with tert-alkyl or cyclic N) is 1. The molecular formula is C15H21NO2S. The summed E-state index contributed by atoms with van der Waals surface area (Å²) in [5.41, 5.74) is 2.19. The molecule has 0 aromatic carbocycles. The summed E-state index contributed by atoms with van der Waals surface area (Å²) < 4.78 is 0. The number of aliphatic hydroxyl groups excluding tert-OH is 1. The molecule has 0 saturated carbocycles. The van der Waals surface area contributed by atoms with Crippen LogP contribution in [0.15, 0.2) is 5.38 Å². The first kappa shape index (κ1) is 13.1. The molecule has 104 valence electrons. The third-order valence-electron chi connectivity index (χ3n) is 4.50. The van der Waals surface area contributed by atoms with Crippen molar-refractivity contribution in [3.05, 3.63) is 21.4 Å². The number of amides is 1. The summed E-state index contributed by atoms with van der Waals surface area (Å²) in [5.74, 6) is 0.436. The Morgan fingerprint density at radius 3 is 3.00 bits per heavy atom. The molecule has 1 N–H and O–H groups in total. The van der Waals surface area contributed by atoms with Gasteiger partial charge in [0.15, 0.2) is 0 Å². The molecule has 2 aliphatic rings. The van der Waals surface area contributed by atoms with E-state index in [2.05, 4.69) is 6.92 Å². The van der Waals surface area contributed by atoms with Crippen molar-refractivity contribution in [2.24, 2.45) is 5.92 Å². The normalized spacial score (nSPS) is 27.2. The van der Waals surface area contributed by atoms with Gasteiger partial charge in [-0.2, -0.15) is 0 Å². The minimum atomic E-state index is -0.368. The van der Waals surface area contributed by atoms with Gasteiger partial charge in [0.1, 0.15) is 0 Å². The van der Waals surface area contributed by atoms with Crippen molar-refractivity contribution in [2.75, 3.05) is 13.1 Å². The van der Waals surface area contributed by atoms with Crippen LogP contribution in [0, 0.1) is 5.92 Å². The average molecular weight is 279 g/mol. The number of piperidine rings is 1. The van der Waals surface area contributed by atoms with Gasteiger partial charge < -0.3 is 10.0 Å². The van der Waals surface area contributed by atoms with E-state index < -0.39 is 0 Å². The molecule has 3 nitrogen and oxygen atoms in total. The Kier molecular flexibility index (Phi) is 3.63. The molecule has 0 spiro atoms. The van der Waals surface area contributed by atoms with Gasteiger partial charge in [0.25, 0.3) is 5.91 Å². The van der Waals surface area contributed by atoms with Crippen molar-refractivity contribution in [1.29, 1.82) is 0 Å². The van der Waals surface area contributed by atoms with Gasteiger partial charge in [-0.05, 0) is 43.6 Å². The number of rotatable bonds is 1. The van der Waals surface area contributed by atoms with Crippen LogP contribution in [-0.2, 0) is 12.8 Å². The topological polar surface area (TPSA) is 40.5 Å². The van der Waals surface area contributed by atoms with Crippen LogP contribution in [0.2, 0.25) is 0 Å². The average Bonchev–Trinajstić information content (AvgIpc) is 2.85. The summed E-state index contributed by atoms with van der Waals surface area (Å²) in [4.78, 5) is 15.8. The Balaban J connectivity index is 1.79. The Labute approximate surface area is 118 Å². The van der Waals surface area contributed by atoms with Crippen LogP contribution < -0.4 is 0 Å². The maximum atomic E-state index is 12.6. The molecule has 3 rings (SSSR count). The van der Waals surface area contributed by atoms with Gasteiger partial charge in [-0.3, -0.25) is 4.79 Å². The number of hydrogen-bond donors (Lipinski definition) is 1. The highest BCUT2D eigenvalue weighted by Crippen LogP contribution is 2.31. The molecule has 1 fully saturated rings. The Morgan fingerprint density at radius 2 is 2.21 bits per heavy atom. The fourth-order valence-electron chi connectivity index (χ4n) is 3.08. The van der Waals surface area contributed by atoms with Crippen molar-refractivity contribution in [2.45, 2.75) is 45.1 Å². The predicted molar refractivity (Wildman–Crippen MR) is 76.7 cm³/mol. The molecule has 19 heavy (non-hydrogen) atoms. The van der Waals surface area contributed by atoms with Crippen LogP contribution in [-0.4, -0.2) is 35.1 Å². The summed E-state index contributed by atoms with van der Waals surface area (Å²) >= 11 is 1.74. The van der Waals surface area contributed by atoms with Crippen LogP contribution in [0.3, 0.4) is 0 Å². The lowest BCUT2D eigenvalue weighted by molar-refractivity contribution is 0.0248. The fraction of sp³-hybridized carbons (Fsp3) is 0.667. The fourth-order valence-corrected chi connectivity index (χ4v) is 4.20. The second-order valence-corrected chi connectivity index (χ2v) is 6.81. The smallest absolute Gasteiger partial charge is 0.255 e. The van der Waals surface area contributed by atoms with Crippen LogP contribution in [0.1, 0.15) is 47.0 Å². The third-order valence-corrected chi connectivity index (χ3v) is 5.59. The molecule has 2 unspecified atom stereocenters. The van der Waals surface area contributed by atoms with Crippen molar-refractivity contribution >= 4 is 17.2 Å². The molecule has 0 bridgehead atoms. The highest BCUT2D eigenvalue weighted by Gasteiger charge is 2.30. The van der Waals surface area contributed by atoms with E-state index in [1.165, 1.54) is 23.3 Å². The van der Waals surface area contributed by atoms with E-state index in [0.29, 0.717) is 12.5 Å². The molecule has 0 radical (unpaired) electrons. The minimum Gasteiger partial charge on any atom is -0.391 e. The van der Waals surface area contributed by atoms with Gasteiger partial charge in [-0.15, -0.1) is 11.3 Å². The van der Waals surface area contributed by atoms with E-state index >= 15 is 0 Å². The summed E-state index contributed by atoms with van der Waals surface area (Å²) in [6, 6.07) is 0. The quantitative estimate of drug-likeness (QED) is 0.858. The first-order valence-corrected chi connectivity index (χ1v) is 8.11. The maximum absolute atomic E-state index is 12.6. The van der Waals surface area contributed by atoms with Gasteiger partial charge in [0.2, 0.25) is 0 Å². The number of nitrogens with zero attached hydrogens (tertiary/aromatic N) is 1. The second kappa shape index (κ2) is 5.25. The molecule has 4 heteroatoms. The van der Waals surface area contributed by atoms with E-state index in [-0.39, 0.29) is 12.0 Å². The molecule has 2 heterocycles. The number of likely N-dealkylation sites (tertiary alicyclic amines) is 1. The standard InChI is InChI=1S/C15H21NO2S/c1-10-6-7-16(8-13(10)17)15(18)12-9-19-14-5-3-2-4-11(12)14/h9-10,13,17H,2-8H2,1H3. The van der Waals surface area contributed by atoms with Gasteiger partial charge in [-0.25, -0.2) is 0 Å². The van der Waals surface area contributed by atoms with Crippen LogP contribution >= 0.6 is 11.3 Å². The lowest BCUT2D eigenvalue weighted by Crippen LogP contribution is -2.46. The van der Waals surface area contributed by atoms with E-state index in [4.69, 9.17) is 0 Å². The number of hydrogen-bond acceptors (Lipinski definition) is 3. The Bertz CT molecular complexity index is 482. The van der Waals surface area contributed by atoms with Crippen molar-refractivity contribution in [3.63, 3.8) is 0 Å². The van der Waals surface area contributed by atoms with Gasteiger partial charge >= 0.3 is 0 Å². The van der Waals surface area contributed by atoms with Gasteiger partial charge in [0.05, 0.1) is 11.7 Å². The lowest BCUT2D eigenvalue weighted by Gasteiger charge is -2.34. The maximum Gasteiger partial charge on any atom is 0.255 e. The van der Waals surface area contributed by atoms with Crippen molar-refractivity contribution in [1.82, 2.24) is 4.90 Å². The van der Waals surface area contributed by atoms with Crippen molar-refractivity contribution < 1.29 is 9.90 Å². The summed E-state index contributed by atoms with van der Waals surface area (Å²) in [5, 5.41) is 12.0. The minimum absolute atomic E-state index is 0.130. The SMILES string of the molecule is CC1CCN(C(=O)c2csc3c2CCCC3)CC1O. The number of thiophene rings is 1. The van der Waals surface area contributed by atoms with Crippen LogP contribution in [0.4, 0.5) is 0 Å². The Hall–Kier alpha value is -0.870. The third kappa shape index (κ3) is 2.43. The van der Waals surface area contributed by atoms with E-state index in [1.54, 1.807) is 11.3 Å². The van der Waals surface area contributed by atoms with Gasteiger partial charge in [0, 0.05) is 23.3 Å². The number of carbonyl (C=O) groups excluding carboxylic acids is 1. The molecule has 1 aliphatic heterocycles.